The summed E-state index contributed by atoms with van der Waals surface area (Å²) in [6.45, 7) is 8.66. The highest BCUT2D eigenvalue weighted by atomic mass is 79.9. The van der Waals surface area contributed by atoms with Crippen LogP contribution in [0.15, 0.2) is 11.8 Å². The predicted octanol–water partition coefficient (Wildman–Crippen LogP) is 1.62. The molecule has 3 nitrogen and oxygen atoms in total. The van der Waals surface area contributed by atoms with Crippen molar-refractivity contribution in [3.63, 3.8) is 0 Å². The van der Waals surface area contributed by atoms with E-state index in [1.165, 1.54) is 5.70 Å². The van der Waals surface area contributed by atoms with E-state index in [9.17, 15) is 0 Å². The molecular formula is C8H19BrN2O. The number of halogens is 1. The van der Waals surface area contributed by atoms with Crippen molar-refractivity contribution in [2.24, 2.45) is 0 Å². The molecule has 74 valence electrons. The first kappa shape index (κ1) is 14.5. The molecule has 0 amide bonds. The van der Waals surface area contributed by atoms with Gasteiger partial charge in [-0.3, -0.25) is 0 Å². The van der Waals surface area contributed by atoms with Gasteiger partial charge in [-0.2, -0.15) is 0 Å². The van der Waals surface area contributed by atoms with Crippen LogP contribution >= 0.6 is 17.0 Å². The third-order valence-corrected chi connectivity index (χ3v) is 1.20. The molecule has 0 fully saturated rings. The minimum absolute atomic E-state index is 0. The maximum Gasteiger partial charge on any atom is 0.0437 e. The van der Waals surface area contributed by atoms with Crippen molar-refractivity contribution in [3.05, 3.63) is 11.8 Å². The van der Waals surface area contributed by atoms with Crippen LogP contribution in [0.4, 0.5) is 0 Å². The molecule has 0 radical (unpaired) electrons. The van der Waals surface area contributed by atoms with Crippen molar-refractivity contribution < 1.29 is 4.74 Å². The Morgan fingerprint density at radius 3 is 2.08 bits per heavy atom. The van der Waals surface area contributed by atoms with Gasteiger partial charge in [-0.1, -0.05) is 0 Å². The lowest BCUT2D eigenvalue weighted by molar-refractivity contribution is 0.162. The Kier molecular flexibility index (Phi) is 13.2. The molecule has 1 aliphatic heterocycles. The zero-order valence-electron chi connectivity index (χ0n) is 8.02. The molecule has 12 heavy (non-hydrogen) atoms. The number of rotatable bonds is 2. The molecule has 4 heteroatoms. The smallest absolute Gasteiger partial charge is 0.0437 e. The number of hydrazine groups is 1. The Bertz CT molecular complexity index is 116. The predicted molar refractivity (Wildman–Crippen MR) is 57.4 cm³/mol. The van der Waals surface area contributed by atoms with E-state index < -0.39 is 0 Å². The zero-order valence-corrected chi connectivity index (χ0v) is 9.73. The summed E-state index contributed by atoms with van der Waals surface area (Å²) in [7, 11) is 0. The van der Waals surface area contributed by atoms with Gasteiger partial charge in [0.15, 0.2) is 0 Å². The summed E-state index contributed by atoms with van der Waals surface area (Å²) in [5.41, 5.74) is 7.08. The van der Waals surface area contributed by atoms with Crippen molar-refractivity contribution in [3.8, 4) is 0 Å². The monoisotopic (exact) mass is 238 g/mol. The van der Waals surface area contributed by atoms with Crippen molar-refractivity contribution in [2.75, 3.05) is 19.8 Å². The summed E-state index contributed by atoms with van der Waals surface area (Å²) >= 11 is 0. The Balaban J connectivity index is 0. The van der Waals surface area contributed by atoms with Crippen molar-refractivity contribution in [1.29, 1.82) is 0 Å². The lowest BCUT2D eigenvalue weighted by Crippen LogP contribution is -2.22. The van der Waals surface area contributed by atoms with Gasteiger partial charge < -0.3 is 10.2 Å². The van der Waals surface area contributed by atoms with E-state index in [2.05, 4.69) is 16.9 Å². The van der Waals surface area contributed by atoms with Crippen LogP contribution in [-0.4, -0.2) is 19.8 Å². The van der Waals surface area contributed by atoms with E-state index in [4.69, 9.17) is 4.74 Å². The third kappa shape index (κ3) is 9.94. The molecular weight excluding hydrogens is 220 g/mol. The molecule has 1 heterocycles. The second kappa shape index (κ2) is 10.9. The van der Waals surface area contributed by atoms with Gasteiger partial charge in [0.1, 0.15) is 0 Å². The van der Waals surface area contributed by atoms with Crippen molar-refractivity contribution in [1.82, 2.24) is 10.9 Å². The summed E-state index contributed by atoms with van der Waals surface area (Å²) in [6, 6.07) is 0. The van der Waals surface area contributed by atoms with E-state index in [-0.39, 0.29) is 17.0 Å². The minimum Gasteiger partial charge on any atom is -0.382 e. The molecule has 0 bridgehead atoms. The Morgan fingerprint density at radius 1 is 1.42 bits per heavy atom. The van der Waals surface area contributed by atoms with E-state index in [1.54, 1.807) is 0 Å². The quantitative estimate of drug-likeness (QED) is 0.768. The van der Waals surface area contributed by atoms with Crippen LogP contribution in [0.5, 0.6) is 0 Å². The standard InChI is InChI=1S/C4H8N2.C4H10O.BrH/c1-4-2-3-5-6-4;1-3-5-4-2;/h2,5-6H,3H2,1H3;3-4H2,1-2H3;1H. The summed E-state index contributed by atoms with van der Waals surface area (Å²) in [6.07, 6.45) is 2.10. The molecule has 0 unspecified atom stereocenters. The average molecular weight is 239 g/mol. The van der Waals surface area contributed by atoms with E-state index in [0.717, 1.165) is 19.8 Å². The Labute approximate surface area is 85.3 Å². The van der Waals surface area contributed by atoms with Crippen molar-refractivity contribution in [2.45, 2.75) is 20.8 Å². The average Bonchev–Trinajstić information content (AvgIpc) is 2.43. The van der Waals surface area contributed by atoms with Gasteiger partial charge in [0, 0.05) is 25.5 Å². The molecule has 0 aromatic rings. The first-order chi connectivity index (χ1) is 5.31. The SMILES string of the molecule is Br.CC1=CCNN1.CCOCC. The summed E-state index contributed by atoms with van der Waals surface area (Å²) < 4.78 is 4.83. The third-order valence-electron chi connectivity index (χ3n) is 1.20. The van der Waals surface area contributed by atoms with Crippen LogP contribution in [0.2, 0.25) is 0 Å². The molecule has 1 rings (SSSR count). The molecule has 1 aliphatic rings. The lowest BCUT2D eigenvalue weighted by atomic mass is 10.5. The van der Waals surface area contributed by atoms with Gasteiger partial charge in [-0.25, -0.2) is 5.43 Å². The minimum atomic E-state index is 0. The zero-order chi connectivity index (χ0) is 8.53. The highest BCUT2D eigenvalue weighted by Gasteiger charge is 1.90. The molecule has 0 saturated heterocycles. The highest BCUT2D eigenvalue weighted by molar-refractivity contribution is 8.93. The van der Waals surface area contributed by atoms with Gasteiger partial charge >= 0.3 is 0 Å². The van der Waals surface area contributed by atoms with Crippen LogP contribution in [0.1, 0.15) is 20.8 Å². The van der Waals surface area contributed by atoms with Gasteiger partial charge in [0.2, 0.25) is 0 Å². The molecule has 0 spiro atoms. The van der Waals surface area contributed by atoms with Crippen LogP contribution in [0.25, 0.3) is 0 Å². The maximum atomic E-state index is 4.83. The normalized spacial score (nSPS) is 13.4. The fraction of sp³-hybridized carbons (Fsp3) is 0.750. The fourth-order valence-corrected chi connectivity index (χ4v) is 0.650. The number of hydrogen-bond donors (Lipinski definition) is 2. The maximum absolute atomic E-state index is 4.83. The molecule has 2 N–H and O–H groups in total. The largest absolute Gasteiger partial charge is 0.382 e. The molecule has 0 aliphatic carbocycles. The number of nitrogens with one attached hydrogen (secondary N) is 2. The van der Waals surface area contributed by atoms with Crippen LogP contribution in [0.3, 0.4) is 0 Å². The fourth-order valence-electron chi connectivity index (χ4n) is 0.650. The Morgan fingerprint density at radius 2 is 2.00 bits per heavy atom. The van der Waals surface area contributed by atoms with Gasteiger partial charge in [-0.05, 0) is 26.8 Å². The number of allylic oxidation sites excluding steroid dienone is 1. The summed E-state index contributed by atoms with van der Waals surface area (Å²) in [5.74, 6) is 0. The van der Waals surface area contributed by atoms with Gasteiger partial charge in [0.05, 0.1) is 0 Å². The Hall–Kier alpha value is -0.0600. The highest BCUT2D eigenvalue weighted by Crippen LogP contribution is 1.85. The molecule has 0 aromatic carbocycles. The van der Waals surface area contributed by atoms with Gasteiger partial charge in [0.25, 0.3) is 0 Å². The van der Waals surface area contributed by atoms with Crippen LogP contribution in [-0.2, 0) is 4.74 Å². The van der Waals surface area contributed by atoms with E-state index in [1.807, 2.05) is 20.8 Å². The van der Waals surface area contributed by atoms with Crippen molar-refractivity contribution >= 4 is 17.0 Å². The summed E-state index contributed by atoms with van der Waals surface area (Å²) in [4.78, 5) is 0. The first-order valence-corrected chi connectivity index (χ1v) is 4.04. The molecule has 0 atom stereocenters. The van der Waals surface area contributed by atoms with Gasteiger partial charge in [-0.15, -0.1) is 17.0 Å². The van der Waals surface area contributed by atoms with Crippen LogP contribution in [0, 0.1) is 0 Å². The second-order valence-corrected chi connectivity index (χ2v) is 2.17. The second-order valence-electron chi connectivity index (χ2n) is 2.17. The van der Waals surface area contributed by atoms with Crippen LogP contribution < -0.4 is 10.9 Å². The van der Waals surface area contributed by atoms with E-state index in [0.29, 0.717) is 0 Å². The number of ether oxygens (including phenoxy) is 1. The van der Waals surface area contributed by atoms with E-state index >= 15 is 0 Å². The summed E-state index contributed by atoms with van der Waals surface area (Å²) in [5, 5.41) is 0. The topological polar surface area (TPSA) is 33.3 Å². The molecule has 0 saturated carbocycles. The number of hydrogen-bond acceptors (Lipinski definition) is 3. The first-order valence-electron chi connectivity index (χ1n) is 4.04. The lowest BCUT2D eigenvalue weighted by Gasteiger charge is -1.91. The molecule has 0 aromatic heterocycles.